The number of methoxy groups -OCH3 is 1. The first-order valence-corrected chi connectivity index (χ1v) is 20.8. The van der Waals surface area contributed by atoms with Crippen molar-refractivity contribution in [1.29, 1.82) is 5.26 Å². The second-order valence-corrected chi connectivity index (χ2v) is 18.2. The van der Waals surface area contributed by atoms with Crippen LogP contribution in [0.2, 0.25) is 0 Å². The fraction of sp³-hybridized carbons (Fsp3) is 0.465. The molecule has 0 saturated carbocycles. The maximum Gasteiger partial charge on any atom is 0.333 e. The summed E-state index contributed by atoms with van der Waals surface area (Å²) in [7, 11) is 1.56. The number of aromatic hydroxyl groups is 1. The summed E-state index contributed by atoms with van der Waals surface area (Å²) < 4.78 is 31.1. The Morgan fingerprint density at radius 3 is 2.71 bits per heavy atom. The number of esters is 2. The van der Waals surface area contributed by atoms with Gasteiger partial charge in [-0.25, -0.2) is 4.79 Å². The topological polar surface area (TPSA) is 185 Å². The summed E-state index contributed by atoms with van der Waals surface area (Å²) in [6.45, 7) is 7.81. The number of phenolic OH excluding ortho intramolecular Hbond substituents is 1. The molecule has 3 saturated heterocycles. The van der Waals surface area contributed by atoms with Gasteiger partial charge in [0.25, 0.3) is 0 Å². The number of carbonyl (C=O) groups excluding carboxylic acids is 2. The number of rotatable bonds is 3. The maximum absolute atomic E-state index is 15.1. The molecule has 0 amide bonds. The monoisotopic (exact) mass is 804 g/mol. The molecule has 58 heavy (non-hydrogen) atoms. The number of ether oxygens (including phenoxy) is 5. The predicted octanol–water partition coefficient (Wildman–Crippen LogP) is 4.53. The van der Waals surface area contributed by atoms with Crippen LogP contribution >= 0.6 is 11.8 Å². The number of hydrogen-bond donors (Lipinski definition) is 4. The van der Waals surface area contributed by atoms with Crippen LogP contribution in [0.15, 0.2) is 30.3 Å². The molecule has 4 bridgehead atoms. The zero-order valence-corrected chi connectivity index (χ0v) is 33.7. The number of hydrogen-bond acceptors (Lipinski definition) is 14. The van der Waals surface area contributed by atoms with Crippen molar-refractivity contribution < 1.29 is 38.4 Å². The molecule has 0 radical (unpaired) electrons. The third-order valence-electron chi connectivity index (χ3n) is 14.2. The number of aromatic amines is 1. The number of thioether (sulfide) groups is 1. The minimum Gasteiger partial charge on any atom is -0.504 e. The van der Waals surface area contributed by atoms with E-state index in [4.69, 9.17) is 29.4 Å². The average Bonchev–Trinajstić information content (AvgIpc) is 3.96. The average molecular weight is 805 g/mol. The lowest BCUT2D eigenvalue weighted by Gasteiger charge is -2.58. The van der Waals surface area contributed by atoms with Crippen LogP contribution in [0.25, 0.3) is 10.9 Å². The highest BCUT2D eigenvalue weighted by molar-refractivity contribution is 7.99. The van der Waals surface area contributed by atoms with Gasteiger partial charge in [-0.2, -0.15) is 5.26 Å². The smallest absolute Gasteiger partial charge is 0.333 e. The summed E-state index contributed by atoms with van der Waals surface area (Å²) >= 11 is 1.55. The molecule has 15 heteroatoms. The van der Waals surface area contributed by atoms with Crippen LogP contribution in [-0.2, 0) is 31.8 Å². The summed E-state index contributed by atoms with van der Waals surface area (Å²) in [4.78, 5) is 36.5. The zero-order chi connectivity index (χ0) is 40.2. The number of H-pyrrole nitrogens is 1. The number of carbonyl (C=O) groups is 2. The molecular weight excluding hydrogens is 761 g/mol. The molecule has 4 aromatic rings. The third kappa shape index (κ3) is 4.31. The Bertz CT molecular complexity index is 2570. The lowest BCUT2D eigenvalue weighted by molar-refractivity contribution is -0.157. The van der Waals surface area contributed by atoms with Gasteiger partial charge in [0, 0.05) is 83.0 Å². The van der Waals surface area contributed by atoms with Gasteiger partial charge >= 0.3 is 11.9 Å². The summed E-state index contributed by atoms with van der Waals surface area (Å²) in [6.07, 6.45) is 1.06. The SMILES string of the molecule is COc1c(C)cc2c(c1O)[C@@H]1[C@@H]3[C@@H]4SC[C@]5(N[C@H](CN)Cc6c5[nH]c5ccccc65)C(=O)OC[C@@H](c5c6c(c(C)c(OC(C)=O)c54)OCO6)N3[C@]3(C#N)CN1C2(C)C3. The van der Waals surface area contributed by atoms with E-state index in [0.29, 0.717) is 60.1 Å². The third-order valence-corrected chi connectivity index (χ3v) is 15.6. The van der Waals surface area contributed by atoms with Gasteiger partial charge in [-0.15, -0.1) is 11.8 Å². The molecule has 8 atom stereocenters. The lowest BCUT2D eigenvalue weighted by atomic mass is 9.72. The zero-order valence-electron chi connectivity index (χ0n) is 32.9. The Labute approximate surface area is 338 Å². The van der Waals surface area contributed by atoms with Crippen LogP contribution in [0, 0.1) is 25.2 Å². The Balaban J connectivity index is 1.20. The molecule has 12 rings (SSSR count). The van der Waals surface area contributed by atoms with Crippen molar-refractivity contribution in [2.45, 2.75) is 86.6 Å². The van der Waals surface area contributed by atoms with Gasteiger partial charge in [0.2, 0.25) is 6.79 Å². The van der Waals surface area contributed by atoms with Crippen molar-refractivity contribution in [1.82, 2.24) is 20.1 Å². The number of aryl methyl sites for hydroxylation is 1. The van der Waals surface area contributed by atoms with E-state index in [1.165, 1.54) is 6.92 Å². The lowest BCUT2D eigenvalue weighted by Crippen LogP contribution is -2.67. The van der Waals surface area contributed by atoms with E-state index in [1.54, 1.807) is 18.9 Å². The molecule has 9 heterocycles. The molecule has 3 fully saturated rings. The van der Waals surface area contributed by atoms with Crippen LogP contribution in [-0.4, -0.2) is 88.8 Å². The van der Waals surface area contributed by atoms with Crippen molar-refractivity contribution in [2.75, 3.05) is 39.4 Å². The number of aromatic nitrogens is 1. The van der Waals surface area contributed by atoms with E-state index >= 15 is 4.79 Å². The predicted molar refractivity (Wildman–Crippen MR) is 212 cm³/mol. The number of nitrogens with two attached hydrogens (primary N) is 1. The van der Waals surface area contributed by atoms with Gasteiger partial charge in [0.05, 0.1) is 36.2 Å². The number of benzene rings is 3. The van der Waals surface area contributed by atoms with Crippen LogP contribution in [0.3, 0.4) is 0 Å². The number of nitrogens with zero attached hydrogens (tertiary/aromatic N) is 3. The highest BCUT2D eigenvalue weighted by atomic mass is 32.2. The molecule has 300 valence electrons. The van der Waals surface area contributed by atoms with E-state index in [1.807, 2.05) is 32.0 Å². The second-order valence-electron chi connectivity index (χ2n) is 17.1. The molecule has 1 unspecified atom stereocenters. The molecule has 5 N–H and O–H groups in total. The van der Waals surface area contributed by atoms with Gasteiger partial charge in [-0.3, -0.25) is 19.9 Å². The Hall–Kier alpha value is -4.98. The molecule has 14 nitrogen and oxygen atoms in total. The number of fused-ring (bicyclic) bond motifs is 11. The molecule has 8 aliphatic rings. The largest absolute Gasteiger partial charge is 0.504 e. The Morgan fingerprint density at radius 2 is 1.95 bits per heavy atom. The van der Waals surface area contributed by atoms with Crippen LogP contribution in [0.5, 0.6) is 28.7 Å². The molecule has 1 spiro atoms. The van der Waals surface area contributed by atoms with Crippen molar-refractivity contribution in [3.63, 3.8) is 0 Å². The van der Waals surface area contributed by atoms with Crippen molar-refractivity contribution in [2.24, 2.45) is 5.73 Å². The molecule has 8 aliphatic heterocycles. The van der Waals surface area contributed by atoms with E-state index in [9.17, 15) is 15.2 Å². The number of piperazine rings is 1. The maximum atomic E-state index is 15.1. The molecule has 0 aliphatic carbocycles. The van der Waals surface area contributed by atoms with E-state index < -0.39 is 51.9 Å². The number of nitrogens with one attached hydrogen (secondary N) is 2. The molecule has 1 aromatic heterocycles. The fourth-order valence-corrected chi connectivity index (χ4v) is 13.7. The minimum atomic E-state index is -1.35. The number of nitriles is 1. The highest BCUT2D eigenvalue weighted by Gasteiger charge is 2.72. The summed E-state index contributed by atoms with van der Waals surface area (Å²) in [6, 6.07) is 11.0. The number of phenols is 1. The molecule has 3 aromatic carbocycles. The van der Waals surface area contributed by atoms with E-state index in [2.05, 4.69) is 45.2 Å². The normalized spacial score (nSPS) is 32.6. The first kappa shape index (κ1) is 36.1. The van der Waals surface area contributed by atoms with Gasteiger partial charge in [0.1, 0.15) is 17.9 Å². The van der Waals surface area contributed by atoms with Gasteiger partial charge in [0.15, 0.2) is 28.5 Å². The second kappa shape index (κ2) is 12.0. The minimum absolute atomic E-state index is 0.0468. The number of para-hydroxylation sites is 1. The highest BCUT2D eigenvalue weighted by Crippen LogP contribution is 2.71. The van der Waals surface area contributed by atoms with E-state index in [0.717, 1.165) is 44.4 Å². The van der Waals surface area contributed by atoms with Crippen LogP contribution in [0.1, 0.15) is 82.2 Å². The summed E-state index contributed by atoms with van der Waals surface area (Å²) in [5.74, 6) is 1.03. The van der Waals surface area contributed by atoms with E-state index in [-0.39, 0.29) is 30.9 Å². The van der Waals surface area contributed by atoms with Gasteiger partial charge < -0.3 is 39.5 Å². The van der Waals surface area contributed by atoms with Crippen LogP contribution < -0.4 is 30.0 Å². The van der Waals surface area contributed by atoms with Crippen molar-refractivity contribution in [3.8, 4) is 34.8 Å². The van der Waals surface area contributed by atoms with Crippen LogP contribution in [0.4, 0.5) is 0 Å². The van der Waals surface area contributed by atoms with Gasteiger partial charge in [-0.05, 0) is 56.0 Å². The quantitative estimate of drug-likeness (QED) is 0.167. The van der Waals surface area contributed by atoms with Crippen molar-refractivity contribution in [3.05, 3.63) is 75.0 Å². The fourth-order valence-electron chi connectivity index (χ4n) is 12.0. The Morgan fingerprint density at radius 1 is 1.16 bits per heavy atom. The van der Waals surface area contributed by atoms with Crippen molar-refractivity contribution >= 4 is 34.6 Å². The summed E-state index contributed by atoms with van der Waals surface area (Å²) in [5, 5.41) is 27.9. The molecular formula is C43H44N6O8S. The summed E-state index contributed by atoms with van der Waals surface area (Å²) in [5.41, 5.74) is 10.6. The Kier molecular flexibility index (Phi) is 7.50. The first-order chi connectivity index (χ1) is 27.9. The first-order valence-electron chi connectivity index (χ1n) is 19.8. The standard InChI is InChI=1S/C43H44N6O8S/c1-19-10-25-28(33(51)34(19)53-5)31-32-38-30-29(37-36(55-18-56-37)20(2)35(30)57-21(3)50)27(49(32)42(15-45)14-41(25,4)48(31)16-42)13-54-40(52)43(17-58-38)39-24(11-22(12-44)47-43)23-8-6-7-9-26(23)46-39/h6-10,22,27,31-32,38,46-47,51H,11-14,16-18,44H2,1-5H3/t22-,27-,31+,32+,38+,41?,42+,43+/m0/s1. The van der Waals surface area contributed by atoms with Gasteiger partial charge in [-0.1, -0.05) is 18.2 Å².